The van der Waals surface area contributed by atoms with Gasteiger partial charge in [0.25, 0.3) is 0 Å². The Balaban J connectivity index is 1.88. The van der Waals surface area contributed by atoms with Gasteiger partial charge in [-0.1, -0.05) is 108 Å². The molecule has 1 heterocycles. The van der Waals surface area contributed by atoms with Crippen LogP contribution in [0.3, 0.4) is 0 Å². The predicted octanol–water partition coefficient (Wildman–Crippen LogP) is 6.73. The number of quaternary nitrogens is 1. The number of aliphatic carboxylic acids is 1. The Morgan fingerprint density at radius 1 is 0.882 bits per heavy atom. The quantitative estimate of drug-likeness (QED) is 0.101. The van der Waals surface area contributed by atoms with Crippen molar-refractivity contribution >= 4 is 11.8 Å². The van der Waals surface area contributed by atoms with E-state index in [1.165, 1.54) is 109 Å². The number of allylic oxidation sites excluding steroid dienone is 2. The number of aliphatic imine (C=N–C) groups is 1. The SMILES string of the molecule is C/C=C/CCCCCCCCCCCCCCCCCCCC1=NC=C[N+]1(CC(=O)[O-])C(C)N. The third-order valence-corrected chi connectivity index (χ3v) is 7.16. The summed E-state index contributed by atoms with van der Waals surface area (Å²) in [5, 5.41) is 11.2. The summed E-state index contributed by atoms with van der Waals surface area (Å²) in [6.45, 7) is 3.81. The van der Waals surface area contributed by atoms with Crippen LogP contribution in [0, 0.1) is 0 Å². The Morgan fingerprint density at radius 3 is 1.74 bits per heavy atom. The summed E-state index contributed by atoms with van der Waals surface area (Å²) in [6, 6.07) is 0. The molecule has 34 heavy (non-hydrogen) atoms. The summed E-state index contributed by atoms with van der Waals surface area (Å²) in [7, 11) is 0. The van der Waals surface area contributed by atoms with Gasteiger partial charge < -0.3 is 9.90 Å². The number of carboxylic acids is 1. The number of nitrogens with two attached hydrogens (primary N) is 1. The topological polar surface area (TPSA) is 78.5 Å². The highest BCUT2D eigenvalue weighted by Gasteiger charge is 2.38. The second kappa shape index (κ2) is 19.8. The normalized spacial score (nSPS) is 18.6. The summed E-state index contributed by atoms with van der Waals surface area (Å²) in [5.41, 5.74) is 6.10. The molecule has 0 aromatic rings. The first-order valence-corrected chi connectivity index (χ1v) is 14.2. The summed E-state index contributed by atoms with van der Waals surface area (Å²) in [5.74, 6) is -0.225. The smallest absolute Gasteiger partial charge is 0.209 e. The number of carbonyl (C=O) groups excluding carboxylic acids is 1. The van der Waals surface area contributed by atoms with Crippen LogP contribution in [0.5, 0.6) is 0 Å². The van der Waals surface area contributed by atoms with E-state index in [-0.39, 0.29) is 17.2 Å². The molecule has 0 aliphatic carbocycles. The Morgan fingerprint density at radius 2 is 1.32 bits per heavy atom. The molecule has 0 spiro atoms. The number of hydrogen-bond donors (Lipinski definition) is 1. The van der Waals surface area contributed by atoms with Crippen molar-refractivity contribution in [3.8, 4) is 0 Å². The van der Waals surface area contributed by atoms with Gasteiger partial charge in [-0.05, 0) is 26.2 Å². The molecule has 2 atom stereocenters. The van der Waals surface area contributed by atoms with Gasteiger partial charge in [0, 0.05) is 13.3 Å². The van der Waals surface area contributed by atoms with E-state index >= 15 is 0 Å². The van der Waals surface area contributed by atoms with Crippen molar-refractivity contribution in [2.45, 2.75) is 142 Å². The molecule has 0 saturated carbocycles. The lowest BCUT2D eigenvalue weighted by atomic mass is 10.0. The first kappa shape index (κ1) is 30.6. The third-order valence-electron chi connectivity index (χ3n) is 7.16. The Labute approximate surface area is 210 Å². The summed E-state index contributed by atoms with van der Waals surface area (Å²) in [6.07, 6.45) is 32.6. The highest BCUT2D eigenvalue weighted by atomic mass is 16.4. The molecule has 1 rings (SSSR count). The van der Waals surface area contributed by atoms with Gasteiger partial charge in [0.1, 0.15) is 18.9 Å². The zero-order valence-electron chi connectivity index (χ0n) is 22.3. The average molecular weight is 476 g/mol. The maximum absolute atomic E-state index is 11.2. The van der Waals surface area contributed by atoms with Gasteiger partial charge >= 0.3 is 0 Å². The fraction of sp³-hybridized carbons (Fsp3) is 0.793. The van der Waals surface area contributed by atoms with Crippen molar-refractivity contribution in [3.63, 3.8) is 0 Å². The molecule has 0 radical (unpaired) electrons. The second-order valence-corrected chi connectivity index (χ2v) is 10.2. The van der Waals surface area contributed by atoms with E-state index < -0.39 is 5.97 Å². The van der Waals surface area contributed by atoms with Crippen LogP contribution < -0.4 is 10.8 Å². The Kier molecular flexibility index (Phi) is 17.8. The Hall–Kier alpha value is -1.46. The molecular weight excluding hydrogens is 422 g/mol. The lowest BCUT2D eigenvalue weighted by Crippen LogP contribution is -2.60. The van der Waals surface area contributed by atoms with E-state index in [2.05, 4.69) is 24.1 Å². The highest BCUT2D eigenvalue weighted by Crippen LogP contribution is 2.23. The minimum absolute atomic E-state index is 0.111. The maximum Gasteiger partial charge on any atom is 0.209 e. The molecule has 0 bridgehead atoms. The van der Waals surface area contributed by atoms with Gasteiger partial charge in [0.05, 0.1) is 12.2 Å². The minimum atomic E-state index is -1.08. The van der Waals surface area contributed by atoms with Crippen molar-refractivity contribution < 1.29 is 14.4 Å². The van der Waals surface area contributed by atoms with Crippen molar-refractivity contribution in [3.05, 3.63) is 24.6 Å². The first-order chi connectivity index (χ1) is 16.5. The van der Waals surface area contributed by atoms with Crippen molar-refractivity contribution in [2.75, 3.05) is 6.54 Å². The molecule has 1 aliphatic heterocycles. The summed E-state index contributed by atoms with van der Waals surface area (Å²) < 4.78 is 0.111. The maximum atomic E-state index is 11.2. The molecule has 1 aliphatic rings. The van der Waals surface area contributed by atoms with E-state index in [1.54, 1.807) is 12.4 Å². The Bertz CT molecular complexity index is 612. The number of carbonyl (C=O) groups is 1. The summed E-state index contributed by atoms with van der Waals surface area (Å²) in [4.78, 5) is 15.6. The standard InChI is InChI=1S/C29H53N3O2/c1-3-4-5-6-7-8-9-10-11-12-13-14-15-16-17-18-19-20-21-22-23-28-31-24-25-32(28,27(2)30)26-29(33)34/h3-4,24-25,27H,5-23,26,30H2,1-2H3/b4-3+. The van der Waals surface area contributed by atoms with Gasteiger partial charge in [-0.15, -0.1) is 0 Å². The number of hydrogen-bond acceptors (Lipinski definition) is 4. The van der Waals surface area contributed by atoms with Crippen molar-refractivity contribution in [1.29, 1.82) is 0 Å². The van der Waals surface area contributed by atoms with E-state index in [0.29, 0.717) is 0 Å². The van der Waals surface area contributed by atoms with Crippen molar-refractivity contribution in [2.24, 2.45) is 10.7 Å². The molecule has 2 unspecified atom stereocenters. The number of carboxylic acid groups (broad SMARTS) is 1. The fourth-order valence-electron chi connectivity index (χ4n) is 4.94. The summed E-state index contributed by atoms with van der Waals surface area (Å²) >= 11 is 0. The molecule has 0 aromatic heterocycles. The van der Waals surface area contributed by atoms with Crippen LogP contribution in [-0.2, 0) is 4.79 Å². The molecular formula is C29H53N3O2. The van der Waals surface area contributed by atoms with Crippen LogP contribution >= 0.6 is 0 Å². The van der Waals surface area contributed by atoms with E-state index in [4.69, 9.17) is 5.73 Å². The molecule has 5 heteroatoms. The fourth-order valence-corrected chi connectivity index (χ4v) is 4.94. The van der Waals surface area contributed by atoms with Crippen LogP contribution in [-0.4, -0.2) is 29.0 Å². The molecule has 2 N–H and O–H groups in total. The number of nitrogens with zero attached hydrogens (tertiary/aromatic N) is 2. The highest BCUT2D eigenvalue weighted by molar-refractivity contribution is 5.81. The second-order valence-electron chi connectivity index (χ2n) is 10.2. The lowest BCUT2D eigenvalue weighted by molar-refractivity contribution is -0.808. The van der Waals surface area contributed by atoms with Gasteiger partial charge in [0.2, 0.25) is 5.84 Å². The van der Waals surface area contributed by atoms with Crippen LogP contribution in [0.1, 0.15) is 136 Å². The van der Waals surface area contributed by atoms with Gasteiger partial charge in [-0.3, -0.25) is 5.73 Å². The first-order valence-electron chi connectivity index (χ1n) is 14.2. The predicted molar refractivity (Wildman–Crippen MR) is 143 cm³/mol. The van der Waals surface area contributed by atoms with Crippen LogP contribution in [0.4, 0.5) is 0 Å². The molecule has 196 valence electrons. The monoisotopic (exact) mass is 475 g/mol. The molecule has 5 nitrogen and oxygen atoms in total. The lowest BCUT2D eigenvalue weighted by Gasteiger charge is -2.36. The van der Waals surface area contributed by atoms with Crippen LogP contribution in [0.2, 0.25) is 0 Å². The number of rotatable bonds is 23. The third kappa shape index (κ3) is 13.4. The van der Waals surface area contributed by atoms with Crippen LogP contribution in [0.25, 0.3) is 0 Å². The number of unbranched alkanes of at least 4 members (excludes halogenated alkanes) is 17. The molecule has 0 amide bonds. The molecule has 0 aromatic carbocycles. The van der Waals surface area contributed by atoms with Gasteiger partial charge in [-0.25, -0.2) is 9.48 Å². The zero-order valence-corrected chi connectivity index (χ0v) is 22.3. The average Bonchev–Trinajstić information content (AvgIpc) is 3.20. The minimum Gasteiger partial charge on any atom is -0.544 e. The zero-order chi connectivity index (χ0) is 24.9. The molecule has 0 fully saturated rings. The van der Waals surface area contributed by atoms with Crippen LogP contribution in [0.15, 0.2) is 29.5 Å². The largest absolute Gasteiger partial charge is 0.544 e. The van der Waals surface area contributed by atoms with E-state index in [0.717, 1.165) is 18.7 Å². The molecule has 0 saturated heterocycles. The van der Waals surface area contributed by atoms with Crippen molar-refractivity contribution in [1.82, 2.24) is 0 Å². The van der Waals surface area contributed by atoms with E-state index in [9.17, 15) is 9.90 Å². The number of amidine groups is 1. The van der Waals surface area contributed by atoms with Gasteiger partial charge in [0.15, 0.2) is 0 Å². The van der Waals surface area contributed by atoms with Gasteiger partial charge in [-0.2, -0.15) is 0 Å². The van der Waals surface area contributed by atoms with E-state index in [1.807, 2.05) is 6.92 Å².